The number of nitrogens with one attached hydrogen (secondary N) is 2. The van der Waals surface area contributed by atoms with E-state index in [-0.39, 0.29) is 17.9 Å². The molecule has 128 valence electrons. The van der Waals surface area contributed by atoms with Crippen molar-refractivity contribution in [2.75, 3.05) is 6.54 Å². The zero-order chi connectivity index (χ0) is 17.1. The number of carbonyl (C=O) groups is 2. The molecule has 0 aliphatic carbocycles. The third-order valence-corrected chi connectivity index (χ3v) is 3.61. The van der Waals surface area contributed by atoms with Gasteiger partial charge in [0.1, 0.15) is 12.1 Å². The first-order valence-electron chi connectivity index (χ1n) is 7.88. The standard InChI is InChI=1S/C12H21N3O3.C4H5N/c1-8-5-7-14-10(8)11(16)15-6-3-2-4-9(13)12(17)18;1-2-4-5-3-1/h7-10H,2-6,13H2,1H3,(H,15,16)(H,17,18);1-5H/t8-,9?,10-;/m1./s1. The largest absolute Gasteiger partial charge is 0.480 e. The summed E-state index contributed by atoms with van der Waals surface area (Å²) in [6.45, 7) is 2.55. The summed E-state index contributed by atoms with van der Waals surface area (Å²) in [7, 11) is 0. The van der Waals surface area contributed by atoms with Crippen molar-refractivity contribution in [3.63, 3.8) is 0 Å². The minimum Gasteiger partial charge on any atom is -0.480 e. The monoisotopic (exact) mass is 322 g/mol. The van der Waals surface area contributed by atoms with Crippen LogP contribution in [0.4, 0.5) is 0 Å². The maximum atomic E-state index is 11.7. The normalized spacial score (nSPS) is 20.4. The molecular formula is C16H26N4O3. The summed E-state index contributed by atoms with van der Waals surface area (Å²) >= 11 is 0. The van der Waals surface area contributed by atoms with Crippen molar-refractivity contribution in [2.24, 2.45) is 16.6 Å². The number of amides is 1. The number of carbonyl (C=O) groups excluding carboxylic acids is 1. The Hall–Kier alpha value is -2.15. The van der Waals surface area contributed by atoms with Gasteiger partial charge in [0, 0.05) is 25.2 Å². The Morgan fingerprint density at radius 1 is 1.39 bits per heavy atom. The highest BCUT2D eigenvalue weighted by Gasteiger charge is 2.26. The highest BCUT2D eigenvalue weighted by Crippen LogP contribution is 2.16. The number of rotatable bonds is 7. The van der Waals surface area contributed by atoms with E-state index in [2.05, 4.69) is 15.3 Å². The van der Waals surface area contributed by atoms with E-state index in [0.29, 0.717) is 19.4 Å². The molecule has 3 atom stereocenters. The first kappa shape index (κ1) is 18.9. The molecule has 0 bridgehead atoms. The van der Waals surface area contributed by atoms with Gasteiger partial charge in [-0.15, -0.1) is 0 Å². The SMILES string of the molecule is C[C@@H]1CC=N[C@H]1C(=O)NCCCCC(N)C(=O)O.c1cc[nH]c1. The van der Waals surface area contributed by atoms with Crippen LogP contribution >= 0.6 is 0 Å². The number of aliphatic carboxylic acids is 1. The van der Waals surface area contributed by atoms with Crippen molar-refractivity contribution in [2.45, 2.75) is 44.7 Å². The number of hydrogen-bond donors (Lipinski definition) is 4. The number of aliphatic imine (C=N–C) groups is 1. The molecule has 0 saturated carbocycles. The molecule has 23 heavy (non-hydrogen) atoms. The summed E-state index contributed by atoms with van der Waals surface area (Å²) in [5.41, 5.74) is 5.37. The maximum Gasteiger partial charge on any atom is 0.320 e. The van der Waals surface area contributed by atoms with E-state index in [1.807, 2.05) is 31.5 Å². The predicted molar refractivity (Wildman–Crippen MR) is 89.3 cm³/mol. The number of H-pyrrole nitrogens is 1. The van der Waals surface area contributed by atoms with Gasteiger partial charge in [0.25, 0.3) is 0 Å². The average molecular weight is 322 g/mol. The second-order valence-corrected chi connectivity index (χ2v) is 5.61. The molecule has 0 aromatic carbocycles. The molecule has 1 amide bonds. The molecular weight excluding hydrogens is 296 g/mol. The third-order valence-electron chi connectivity index (χ3n) is 3.61. The van der Waals surface area contributed by atoms with Crippen LogP contribution in [0.25, 0.3) is 0 Å². The highest BCUT2D eigenvalue weighted by atomic mass is 16.4. The van der Waals surface area contributed by atoms with Crippen LogP contribution in [0.3, 0.4) is 0 Å². The smallest absolute Gasteiger partial charge is 0.320 e. The lowest BCUT2D eigenvalue weighted by atomic mass is 10.0. The quantitative estimate of drug-likeness (QED) is 0.563. The molecule has 1 aliphatic heterocycles. The summed E-state index contributed by atoms with van der Waals surface area (Å²) in [5.74, 6) is -0.752. The predicted octanol–water partition coefficient (Wildman–Crippen LogP) is 1.18. The molecule has 1 unspecified atom stereocenters. The lowest BCUT2D eigenvalue weighted by Gasteiger charge is -2.13. The molecule has 7 nitrogen and oxygen atoms in total. The Morgan fingerprint density at radius 2 is 2.09 bits per heavy atom. The van der Waals surface area contributed by atoms with Gasteiger partial charge < -0.3 is 21.1 Å². The van der Waals surface area contributed by atoms with Crippen molar-refractivity contribution >= 4 is 18.1 Å². The summed E-state index contributed by atoms with van der Waals surface area (Å²) in [5, 5.41) is 11.4. The minimum atomic E-state index is -0.979. The molecule has 0 saturated heterocycles. The van der Waals surface area contributed by atoms with E-state index >= 15 is 0 Å². The van der Waals surface area contributed by atoms with Crippen LogP contribution in [0.5, 0.6) is 0 Å². The van der Waals surface area contributed by atoms with Crippen LogP contribution in [0.2, 0.25) is 0 Å². The zero-order valence-electron chi connectivity index (χ0n) is 13.4. The number of nitrogens with two attached hydrogens (primary N) is 1. The fourth-order valence-electron chi connectivity index (χ4n) is 2.15. The Bertz CT molecular complexity index is 470. The number of carboxylic acids is 1. The molecule has 1 aromatic heterocycles. The van der Waals surface area contributed by atoms with E-state index in [1.165, 1.54) is 0 Å². The van der Waals surface area contributed by atoms with Crippen LogP contribution in [0, 0.1) is 5.92 Å². The second-order valence-electron chi connectivity index (χ2n) is 5.61. The average Bonchev–Trinajstić information content (AvgIpc) is 3.20. The molecule has 0 fully saturated rings. The van der Waals surface area contributed by atoms with Crippen LogP contribution in [-0.2, 0) is 9.59 Å². The molecule has 0 radical (unpaired) electrons. The molecule has 5 N–H and O–H groups in total. The topological polar surface area (TPSA) is 121 Å². The first-order valence-corrected chi connectivity index (χ1v) is 7.88. The third kappa shape index (κ3) is 7.60. The summed E-state index contributed by atoms with van der Waals surface area (Å²) in [6.07, 6.45) is 8.25. The molecule has 1 aromatic rings. The van der Waals surface area contributed by atoms with Crippen molar-refractivity contribution in [1.82, 2.24) is 10.3 Å². The number of aromatic amines is 1. The Labute approximate surface area is 136 Å². The molecule has 0 spiro atoms. The van der Waals surface area contributed by atoms with Gasteiger partial charge in [-0.05, 0) is 43.7 Å². The number of hydrogen-bond acceptors (Lipinski definition) is 4. The van der Waals surface area contributed by atoms with Crippen molar-refractivity contribution in [3.8, 4) is 0 Å². The minimum absolute atomic E-state index is 0.0428. The summed E-state index contributed by atoms with van der Waals surface area (Å²) < 4.78 is 0. The molecule has 1 aliphatic rings. The molecule has 7 heteroatoms. The lowest BCUT2D eigenvalue weighted by molar-refractivity contribution is -0.138. The van der Waals surface area contributed by atoms with Gasteiger partial charge in [-0.25, -0.2) is 0 Å². The maximum absolute atomic E-state index is 11.7. The Kier molecular flexibility index (Phi) is 8.67. The van der Waals surface area contributed by atoms with E-state index < -0.39 is 12.0 Å². The van der Waals surface area contributed by atoms with Gasteiger partial charge in [-0.3, -0.25) is 14.6 Å². The van der Waals surface area contributed by atoms with Gasteiger partial charge in [0.05, 0.1) is 0 Å². The van der Waals surface area contributed by atoms with Gasteiger partial charge in [0.15, 0.2) is 0 Å². The van der Waals surface area contributed by atoms with Crippen molar-refractivity contribution in [1.29, 1.82) is 0 Å². The highest BCUT2D eigenvalue weighted by molar-refractivity contribution is 5.85. The first-order chi connectivity index (χ1) is 11.0. The van der Waals surface area contributed by atoms with Crippen LogP contribution in [-0.4, -0.2) is 46.8 Å². The fraction of sp³-hybridized carbons (Fsp3) is 0.562. The second kappa shape index (κ2) is 10.6. The van der Waals surface area contributed by atoms with Gasteiger partial charge in [0.2, 0.25) is 5.91 Å². The Balaban J connectivity index is 0.000000446. The van der Waals surface area contributed by atoms with Crippen molar-refractivity contribution in [3.05, 3.63) is 24.5 Å². The van der Waals surface area contributed by atoms with Crippen molar-refractivity contribution < 1.29 is 14.7 Å². The van der Waals surface area contributed by atoms with E-state index in [0.717, 1.165) is 12.8 Å². The number of carboxylic acid groups (broad SMARTS) is 1. The summed E-state index contributed by atoms with van der Waals surface area (Å²) in [4.78, 5) is 29.2. The van der Waals surface area contributed by atoms with E-state index in [1.54, 1.807) is 6.21 Å². The van der Waals surface area contributed by atoms with E-state index in [9.17, 15) is 9.59 Å². The zero-order valence-corrected chi connectivity index (χ0v) is 13.4. The van der Waals surface area contributed by atoms with Crippen LogP contribution in [0.15, 0.2) is 29.5 Å². The van der Waals surface area contributed by atoms with E-state index in [4.69, 9.17) is 10.8 Å². The van der Waals surface area contributed by atoms with Gasteiger partial charge >= 0.3 is 5.97 Å². The van der Waals surface area contributed by atoms with Crippen LogP contribution < -0.4 is 11.1 Å². The number of nitrogens with zero attached hydrogens (tertiary/aromatic N) is 1. The van der Waals surface area contributed by atoms with Crippen LogP contribution in [0.1, 0.15) is 32.6 Å². The molecule has 2 heterocycles. The Morgan fingerprint density at radius 3 is 2.57 bits per heavy atom. The van der Waals surface area contributed by atoms with Gasteiger partial charge in [-0.2, -0.15) is 0 Å². The number of unbranched alkanes of at least 4 members (excludes halogenated alkanes) is 1. The van der Waals surface area contributed by atoms with Gasteiger partial charge in [-0.1, -0.05) is 6.92 Å². The number of aromatic nitrogens is 1. The summed E-state index contributed by atoms with van der Waals surface area (Å²) in [6, 6.07) is 2.83. The molecule has 2 rings (SSSR count). The fourth-order valence-corrected chi connectivity index (χ4v) is 2.15. The lowest BCUT2D eigenvalue weighted by Crippen LogP contribution is -2.36.